The minimum Gasteiger partial charge on any atom is -0.466 e. The zero-order valence-corrected chi connectivity index (χ0v) is 22.4. The molecule has 0 radical (unpaired) electrons. The van der Waals surface area contributed by atoms with Crippen molar-refractivity contribution in [2.24, 2.45) is 0 Å². The summed E-state index contributed by atoms with van der Waals surface area (Å²) in [5, 5.41) is 10.0. The molecule has 0 saturated carbocycles. The minimum atomic E-state index is -0.331. The number of ether oxygens (including phenoxy) is 2. The third-order valence-corrected chi connectivity index (χ3v) is 6.53. The van der Waals surface area contributed by atoms with Crippen LogP contribution in [0.4, 0.5) is 10.3 Å². The molecule has 0 aliphatic heterocycles. The number of nitrogens with zero attached hydrogens (tertiary/aromatic N) is 2. The molecule has 2 rings (SSSR count). The lowest BCUT2D eigenvalue weighted by Crippen LogP contribution is -2.12. The van der Waals surface area contributed by atoms with Crippen molar-refractivity contribution in [2.75, 3.05) is 23.8 Å². The maximum Gasteiger partial charge on any atom is 0.311 e. The Bertz CT molecular complexity index is 913. The molecular formula is C24H34N4O6S2. The first kappa shape index (κ1) is 29.4. The van der Waals surface area contributed by atoms with Crippen LogP contribution in [0.15, 0.2) is 10.8 Å². The Labute approximate surface area is 219 Å². The van der Waals surface area contributed by atoms with E-state index in [1.54, 1.807) is 24.6 Å². The van der Waals surface area contributed by atoms with Crippen molar-refractivity contribution in [1.82, 2.24) is 9.97 Å². The Morgan fingerprint density at radius 1 is 0.694 bits per heavy atom. The summed E-state index contributed by atoms with van der Waals surface area (Å²) in [6.07, 6.45) is 6.48. The summed E-state index contributed by atoms with van der Waals surface area (Å²) < 4.78 is 9.79. The van der Waals surface area contributed by atoms with E-state index < -0.39 is 0 Å². The van der Waals surface area contributed by atoms with E-state index in [9.17, 15) is 19.2 Å². The molecule has 2 aromatic heterocycles. The van der Waals surface area contributed by atoms with Gasteiger partial charge < -0.3 is 20.1 Å². The van der Waals surface area contributed by atoms with Gasteiger partial charge >= 0.3 is 11.9 Å². The second-order valence-corrected chi connectivity index (χ2v) is 9.69. The number of rotatable bonds is 17. The molecule has 12 heteroatoms. The highest BCUT2D eigenvalue weighted by Crippen LogP contribution is 2.18. The number of nitrogens with one attached hydrogen (secondary N) is 2. The first-order valence-corrected chi connectivity index (χ1v) is 13.9. The Kier molecular flexibility index (Phi) is 13.7. The van der Waals surface area contributed by atoms with Crippen LogP contribution in [0, 0.1) is 0 Å². The maximum atomic E-state index is 12.1. The van der Waals surface area contributed by atoms with E-state index in [4.69, 9.17) is 9.47 Å². The van der Waals surface area contributed by atoms with Gasteiger partial charge in [0.15, 0.2) is 10.3 Å². The molecule has 198 valence electrons. The molecule has 0 aromatic carbocycles. The van der Waals surface area contributed by atoms with Gasteiger partial charge in [0, 0.05) is 23.6 Å². The highest BCUT2D eigenvalue weighted by atomic mass is 32.1. The van der Waals surface area contributed by atoms with Gasteiger partial charge in [0.05, 0.1) is 37.4 Å². The van der Waals surface area contributed by atoms with Gasteiger partial charge in [-0.05, 0) is 26.7 Å². The molecule has 0 bridgehead atoms. The smallest absolute Gasteiger partial charge is 0.311 e. The molecule has 0 aliphatic carbocycles. The molecule has 2 heterocycles. The molecule has 10 nitrogen and oxygen atoms in total. The molecule has 2 aromatic rings. The number of aromatic nitrogens is 2. The van der Waals surface area contributed by atoms with E-state index in [1.165, 1.54) is 22.7 Å². The van der Waals surface area contributed by atoms with Crippen LogP contribution in [0.3, 0.4) is 0 Å². The van der Waals surface area contributed by atoms with E-state index in [1.807, 2.05) is 0 Å². The lowest BCUT2D eigenvalue weighted by Gasteiger charge is -2.04. The highest BCUT2D eigenvalue weighted by Gasteiger charge is 2.12. The van der Waals surface area contributed by atoms with Gasteiger partial charge in [-0.15, -0.1) is 22.7 Å². The van der Waals surface area contributed by atoms with Crippen molar-refractivity contribution in [2.45, 2.75) is 78.1 Å². The van der Waals surface area contributed by atoms with Gasteiger partial charge in [-0.1, -0.05) is 25.7 Å². The van der Waals surface area contributed by atoms with Gasteiger partial charge in [-0.25, -0.2) is 9.97 Å². The molecule has 0 spiro atoms. The molecular weight excluding hydrogens is 504 g/mol. The highest BCUT2D eigenvalue weighted by molar-refractivity contribution is 7.14. The fraction of sp³-hybridized carbons (Fsp3) is 0.583. The number of esters is 2. The number of anilines is 2. The average molecular weight is 539 g/mol. The molecule has 0 fully saturated rings. The Hall–Kier alpha value is -2.86. The van der Waals surface area contributed by atoms with Crippen LogP contribution in [0.1, 0.15) is 76.6 Å². The van der Waals surface area contributed by atoms with E-state index in [2.05, 4.69) is 20.6 Å². The number of carbonyl (C=O) groups excluding carboxylic acids is 4. The number of unbranched alkanes of at least 4 members (excludes halogenated alkanes) is 5. The third-order valence-electron chi connectivity index (χ3n) is 4.92. The monoisotopic (exact) mass is 538 g/mol. The molecule has 0 saturated heterocycles. The number of carbonyl (C=O) groups is 4. The third kappa shape index (κ3) is 12.2. The second kappa shape index (κ2) is 16.7. The SMILES string of the molecule is CCOC(=O)Cc1csc(NC(=O)CCCCCCCCC(=O)Nc2nc(CC(=O)OCC)cs2)n1. The van der Waals surface area contributed by atoms with Gasteiger partial charge in [-0.2, -0.15) is 0 Å². The zero-order chi connectivity index (χ0) is 26.2. The van der Waals surface area contributed by atoms with E-state index >= 15 is 0 Å². The van der Waals surface area contributed by atoms with E-state index in [0.29, 0.717) is 47.7 Å². The standard InChI is InChI=1S/C24H34N4O6S2/c1-3-33-21(31)13-17-15-35-23(25-17)27-19(29)11-9-7-5-6-8-10-12-20(30)28-24-26-18(16-36-24)14-22(32)34-4-2/h15-16H,3-14H2,1-2H3,(H,25,27,29)(H,26,28,30). The zero-order valence-electron chi connectivity index (χ0n) is 20.8. The van der Waals surface area contributed by atoms with Crippen molar-refractivity contribution < 1.29 is 28.7 Å². The van der Waals surface area contributed by atoms with Crippen LogP contribution in [0.5, 0.6) is 0 Å². The lowest BCUT2D eigenvalue weighted by atomic mass is 10.1. The topological polar surface area (TPSA) is 137 Å². The number of hydrogen-bond acceptors (Lipinski definition) is 10. The predicted molar refractivity (Wildman–Crippen MR) is 139 cm³/mol. The second-order valence-electron chi connectivity index (χ2n) is 7.97. The fourth-order valence-electron chi connectivity index (χ4n) is 3.25. The van der Waals surface area contributed by atoms with Crippen LogP contribution in [-0.4, -0.2) is 46.9 Å². The lowest BCUT2D eigenvalue weighted by molar-refractivity contribution is -0.143. The summed E-state index contributed by atoms with van der Waals surface area (Å²) >= 11 is 2.59. The Morgan fingerprint density at radius 3 is 1.47 bits per heavy atom. The first-order chi connectivity index (χ1) is 17.4. The number of hydrogen-bond donors (Lipinski definition) is 2. The summed E-state index contributed by atoms with van der Waals surface area (Å²) in [6, 6.07) is 0. The Balaban J connectivity index is 1.49. The maximum absolute atomic E-state index is 12.1. The van der Waals surface area contributed by atoms with Crippen LogP contribution in [0.2, 0.25) is 0 Å². The molecule has 0 atom stereocenters. The van der Waals surface area contributed by atoms with E-state index in [0.717, 1.165) is 38.5 Å². The van der Waals surface area contributed by atoms with Crippen LogP contribution in [-0.2, 0) is 41.5 Å². The first-order valence-electron chi connectivity index (χ1n) is 12.2. The molecule has 2 amide bonds. The van der Waals surface area contributed by atoms with Crippen LogP contribution < -0.4 is 10.6 Å². The van der Waals surface area contributed by atoms with E-state index in [-0.39, 0.29) is 36.6 Å². The molecule has 2 N–H and O–H groups in total. The number of amides is 2. The van der Waals surface area contributed by atoms with Crippen molar-refractivity contribution in [3.63, 3.8) is 0 Å². The van der Waals surface area contributed by atoms with Crippen LogP contribution in [0.25, 0.3) is 0 Å². The normalized spacial score (nSPS) is 10.6. The van der Waals surface area contributed by atoms with Crippen molar-refractivity contribution in [1.29, 1.82) is 0 Å². The van der Waals surface area contributed by atoms with Crippen LogP contribution >= 0.6 is 22.7 Å². The van der Waals surface area contributed by atoms with Gasteiger partial charge in [0.25, 0.3) is 0 Å². The summed E-state index contributed by atoms with van der Waals surface area (Å²) in [5.41, 5.74) is 1.18. The van der Waals surface area contributed by atoms with Crippen molar-refractivity contribution >= 4 is 56.7 Å². The molecule has 36 heavy (non-hydrogen) atoms. The Morgan fingerprint density at radius 2 is 1.08 bits per heavy atom. The summed E-state index contributed by atoms with van der Waals surface area (Å²) in [4.78, 5) is 55.6. The fourth-order valence-corrected chi connectivity index (χ4v) is 4.71. The average Bonchev–Trinajstić information content (AvgIpc) is 3.44. The summed E-state index contributed by atoms with van der Waals surface area (Å²) in [7, 11) is 0. The van der Waals surface area contributed by atoms with Gasteiger partial charge in [0.1, 0.15) is 0 Å². The number of thiazole rings is 2. The van der Waals surface area contributed by atoms with Gasteiger partial charge in [-0.3, -0.25) is 19.2 Å². The summed E-state index contributed by atoms with van der Waals surface area (Å²) in [5.74, 6) is -0.836. The molecule has 0 aliphatic rings. The largest absolute Gasteiger partial charge is 0.466 e. The quantitative estimate of drug-likeness (QED) is 0.222. The molecule has 0 unspecified atom stereocenters. The summed E-state index contributed by atoms with van der Waals surface area (Å²) in [6.45, 7) is 4.16. The minimum absolute atomic E-state index is 0.0868. The van der Waals surface area contributed by atoms with Crippen molar-refractivity contribution in [3.05, 3.63) is 22.1 Å². The van der Waals surface area contributed by atoms with Gasteiger partial charge in [0.2, 0.25) is 11.8 Å². The predicted octanol–water partition coefficient (Wildman–Crippen LogP) is 4.51. The van der Waals surface area contributed by atoms with Crippen molar-refractivity contribution in [3.8, 4) is 0 Å².